The maximum Gasteiger partial charge on any atom is 0.217 e. The molecule has 0 aliphatic rings. The van der Waals surface area contributed by atoms with Crippen LogP contribution in [0.5, 0.6) is 0 Å². The summed E-state index contributed by atoms with van der Waals surface area (Å²) in [6, 6.07) is 7.68. The summed E-state index contributed by atoms with van der Waals surface area (Å²) in [5.74, 6) is -0.0946. The monoisotopic (exact) mass is 191 g/mol. The van der Waals surface area contributed by atoms with E-state index in [1.807, 2.05) is 31.2 Å². The van der Waals surface area contributed by atoms with Crippen LogP contribution in [0.25, 0.3) is 0 Å². The van der Waals surface area contributed by atoms with Gasteiger partial charge in [0.05, 0.1) is 6.04 Å². The van der Waals surface area contributed by atoms with Crippen LogP contribution in [0.4, 0.5) is 0 Å². The first kappa shape index (κ1) is 10.7. The van der Waals surface area contributed by atoms with E-state index in [-0.39, 0.29) is 18.5 Å². The van der Waals surface area contributed by atoms with Gasteiger partial charge in [0.15, 0.2) is 0 Å². The fourth-order valence-corrected chi connectivity index (χ4v) is 1.30. The van der Waals surface area contributed by atoms with Gasteiger partial charge in [-0.05, 0) is 12.5 Å². The second-order valence-corrected chi connectivity index (χ2v) is 3.37. The van der Waals surface area contributed by atoms with Crippen LogP contribution >= 0.6 is 0 Å². The maximum absolute atomic E-state index is 10.9. The Kier molecular flexibility index (Phi) is 3.65. The Bertz CT molecular complexity index is 306. The summed E-state index contributed by atoms with van der Waals surface area (Å²) >= 11 is 0. The van der Waals surface area contributed by atoms with Gasteiger partial charge in [-0.25, -0.2) is 0 Å². The number of carbonyl (C=O) groups is 1. The van der Waals surface area contributed by atoms with E-state index < -0.39 is 0 Å². The Morgan fingerprint density at radius 2 is 2.00 bits per heavy atom. The highest BCUT2D eigenvalue weighted by Gasteiger charge is 2.09. The first-order valence-electron chi connectivity index (χ1n) is 4.61. The molecule has 14 heavy (non-hydrogen) atoms. The molecule has 1 aromatic rings. The van der Waals surface area contributed by atoms with Gasteiger partial charge in [0.25, 0.3) is 0 Å². The van der Waals surface area contributed by atoms with Crippen LogP contribution in [0.2, 0.25) is 0 Å². The Labute approximate surface area is 84.3 Å². The highest BCUT2D eigenvalue weighted by atomic mass is 16.1. The minimum absolute atomic E-state index is 0.0946. The van der Waals surface area contributed by atoms with Gasteiger partial charge in [-0.3, -0.25) is 10.5 Å². The topological polar surface area (TPSA) is 52.9 Å². The van der Waals surface area contributed by atoms with Crippen molar-refractivity contribution in [2.24, 2.45) is 0 Å². The van der Waals surface area contributed by atoms with Crippen molar-refractivity contribution >= 4 is 5.91 Å². The van der Waals surface area contributed by atoms with Crippen molar-refractivity contribution in [3.63, 3.8) is 0 Å². The van der Waals surface area contributed by atoms with Crippen LogP contribution in [-0.4, -0.2) is 12.5 Å². The third-order valence-corrected chi connectivity index (χ3v) is 2.06. The molecule has 1 atom stereocenters. The molecule has 3 heteroatoms. The van der Waals surface area contributed by atoms with Gasteiger partial charge in [0.1, 0.15) is 0 Å². The summed E-state index contributed by atoms with van der Waals surface area (Å²) in [4.78, 5) is 10.9. The van der Waals surface area contributed by atoms with Gasteiger partial charge in [0.2, 0.25) is 5.91 Å². The van der Waals surface area contributed by atoms with E-state index in [2.05, 4.69) is 5.32 Å². The minimum atomic E-state index is -0.187. The number of benzene rings is 1. The molecule has 1 radical (unpaired) electrons. The Balaban J connectivity index is 2.78. The van der Waals surface area contributed by atoms with Crippen molar-refractivity contribution in [1.82, 2.24) is 11.1 Å². The van der Waals surface area contributed by atoms with Crippen molar-refractivity contribution in [2.45, 2.75) is 19.9 Å². The molecule has 3 nitrogen and oxygen atoms in total. The number of amides is 1. The number of hydrogen-bond acceptors (Lipinski definition) is 1. The second kappa shape index (κ2) is 4.77. The molecule has 0 aliphatic heterocycles. The van der Waals surface area contributed by atoms with E-state index in [9.17, 15) is 4.79 Å². The van der Waals surface area contributed by atoms with Crippen LogP contribution < -0.4 is 11.1 Å². The van der Waals surface area contributed by atoms with Gasteiger partial charge in [-0.15, -0.1) is 0 Å². The fraction of sp³-hybridized carbons (Fsp3) is 0.364. The highest BCUT2D eigenvalue weighted by Crippen LogP contribution is 2.12. The summed E-state index contributed by atoms with van der Waals surface area (Å²) in [6.07, 6.45) is 0. The summed E-state index contributed by atoms with van der Waals surface area (Å²) < 4.78 is 0. The third-order valence-electron chi connectivity index (χ3n) is 2.06. The number of aryl methyl sites for hydroxylation is 1. The van der Waals surface area contributed by atoms with E-state index in [0.717, 1.165) is 5.56 Å². The minimum Gasteiger partial charge on any atom is -0.348 e. The van der Waals surface area contributed by atoms with Gasteiger partial charge in [-0.2, -0.15) is 0 Å². The molecule has 0 saturated carbocycles. The molecule has 0 saturated heterocycles. The van der Waals surface area contributed by atoms with Gasteiger partial charge in [0, 0.05) is 13.5 Å². The van der Waals surface area contributed by atoms with E-state index in [1.165, 1.54) is 12.5 Å². The fourth-order valence-electron chi connectivity index (χ4n) is 1.30. The van der Waals surface area contributed by atoms with Crippen LogP contribution in [-0.2, 0) is 4.79 Å². The first-order chi connectivity index (χ1) is 6.63. The zero-order valence-electron chi connectivity index (χ0n) is 8.50. The van der Waals surface area contributed by atoms with Gasteiger partial charge in [-0.1, -0.05) is 29.8 Å². The van der Waals surface area contributed by atoms with Crippen LogP contribution in [0.3, 0.4) is 0 Å². The molecule has 1 unspecified atom stereocenters. The average molecular weight is 191 g/mol. The van der Waals surface area contributed by atoms with Crippen LogP contribution in [0.1, 0.15) is 24.1 Å². The standard InChI is InChI=1S/C11H15N2O/c1-8-3-5-10(6-4-8)11(7-12)13-9(2)14/h3-6,11-12H,7H2,1-2H3,(H,13,14). The molecule has 0 spiro atoms. The normalized spacial score (nSPS) is 12.2. The van der Waals surface area contributed by atoms with Crippen molar-refractivity contribution in [3.8, 4) is 0 Å². The molecule has 2 N–H and O–H groups in total. The van der Waals surface area contributed by atoms with Crippen molar-refractivity contribution < 1.29 is 4.79 Å². The maximum atomic E-state index is 10.9. The SMILES string of the molecule is CC(=O)NC(C[NH])c1ccc(C)cc1. The highest BCUT2D eigenvalue weighted by molar-refractivity contribution is 5.73. The molecule has 0 fully saturated rings. The lowest BCUT2D eigenvalue weighted by Gasteiger charge is -2.15. The molecular weight excluding hydrogens is 176 g/mol. The smallest absolute Gasteiger partial charge is 0.217 e. The lowest BCUT2D eigenvalue weighted by atomic mass is 10.1. The Morgan fingerprint density at radius 3 is 2.43 bits per heavy atom. The van der Waals surface area contributed by atoms with Crippen LogP contribution in [0.15, 0.2) is 24.3 Å². The number of rotatable bonds is 3. The molecule has 0 bridgehead atoms. The molecule has 1 rings (SSSR count). The zero-order chi connectivity index (χ0) is 10.6. The second-order valence-electron chi connectivity index (χ2n) is 3.37. The Morgan fingerprint density at radius 1 is 1.43 bits per heavy atom. The molecule has 0 aromatic heterocycles. The zero-order valence-corrected chi connectivity index (χ0v) is 8.50. The average Bonchev–Trinajstić information content (AvgIpc) is 2.15. The summed E-state index contributed by atoms with van der Waals surface area (Å²) in [5, 5.41) is 2.74. The van der Waals surface area contributed by atoms with E-state index in [4.69, 9.17) is 5.73 Å². The predicted molar refractivity (Wildman–Crippen MR) is 55.7 cm³/mol. The lowest BCUT2D eigenvalue weighted by molar-refractivity contribution is -0.119. The number of hydrogen-bond donors (Lipinski definition) is 1. The quantitative estimate of drug-likeness (QED) is 0.772. The predicted octanol–water partition coefficient (Wildman–Crippen LogP) is 1.46. The number of carbonyl (C=O) groups excluding carboxylic acids is 1. The lowest BCUT2D eigenvalue weighted by Crippen LogP contribution is -2.28. The molecule has 0 heterocycles. The first-order valence-corrected chi connectivity index (χ1v) is 4.61. The van der Waals surface area contributed by atoms with Crippen molar-refractivity contribution in [3.05, 3.63) is 35.4 Å². The molecular formula is C11H15N2O. The van der Waals surface area contributed by atoms with E-state index >= 15 is 0 Å². The number of nitrogens with one attached hydrogen (secondary N) is 2. The van der Waals surface area contributed by atoms with Gasteiger partial charge >= 0.3 is 0 Å². The van der Waals surface area contributed by atoms with E-state index in [1.54, 1.807) is 0 Å². The van der Waals surface area contributed by atoms with Crippen molar-refractivity contribution in [1.29, 1.82) is 0 Å². The third kappa shape index (κ3) is 2.85. The Hall–Kier alpha value is -1.35. The summed E-state index contributed by atoms with van der Waals surface area (Å²) in [6.45, 7) is 3.65. The summed E-state index contributed by atoms with van der Waals surface area (Å²) in [7, 11) is 0. The summed E-state index contributed by atoms with van der Waals surface area (Å²) in [5.41, 5.74) is 9.50. The van der Waals surface area contributed by atoms with Crippen molar-refractivity contribution in [2.75, 3.05) is 6.54 Å². The van der Waals surface area contributed by atoms with Gasteiger partial charge < -0.3 is 5.32 Å². The molecule has 1 aromatic carbocycles. The largest absolute Gasteiger partial charge is 0.348 e. The van der Waals surface area contributed by atoms with E-state index in [0.29, 0.717) is 0 Å². The van der Waals surface area contributed by atoms with Crippen LogP contribution in [0, 0.1) is 6.92 Å². The molecule has 0 aliphatic carbocycles. The molecule has 1 amide bonds. The molecule has 75 valence electrons.